The van der Waals surface area contributed by atoms with Crippen molar-refractivity contribution in [1.29, 1.82) is 0 Å². The fourth-order valence-electron chi connectivity index (χ4n) is 0.959. The van der Waals surface area contributed by atoms with E-state index in [0.29, 0.717) is 5.76 Å². The molecule has 1 aliphatic carbocycles. The van der Waals surface area contributed by atoms with E-state index in [4.69, 9.17) is 9.47 Å². The van der Waals surface area contributed by atoms with Gasteiger partial charge in [0.05, 0.1) is 14.2 Å². The first-order valence-corrected chi connectivity index (χ1v) is 3.71. The molecule has 0 radical (unpaired) electrons. The van der Waals surface area contributed by atoms with Crippen molar-refractivity contribution >= 4 is 0 Å². The van der Waals surface area contributed by atoms with Gasteiger partial charge in [-0.3, -0.25) is 0 Å². The lowest BCUT2D eigenvalue weighted by Gasteiger charge is -2.05. The average molecular weight is 164 g/mol. The van der Waals surface area contributed by atoms with Crippen molar-refractivity contribution in [2.45, 2.75) is 6.92 Å². The van der Waals surface area contributed by atoms with E-state index in [1.807, 2.05) is 19.1 Å². The summed E-state index contributed by atoms with van der Waals surface area (Å²) in [6, 6.07) is 0. The molecule has 0 aromatic carbocycles. The molecule has 2 heteroatoms. The Morgan fingerprint density at radius 3 is 2.33 bits per heavy atom. The van der Waals surface area contributed by atoms with Gasteiger partial charge < -0.3 is 9.47 Å². The molecule has 0 heterocycles. The first-order valence-electron chi connectivity index (χ1n) is 3.71. The van der Waals surface area contributed by atoms with Gasteiger partial charge >= 0.3 is 0 Å². The lowest BCUT2D eigenvalue weighted by atomic mass is 10.2. The molecule has 0 aliphatic heterocycles. The molecule has 12 heavy (non-hydrogen) atoms. The zero-order valence-corrected chi connectivity index (χ0v) is 7.55. The highest BCUT2D eigenvalue weighted by molar-refractivity contribution is 5.34. The van der Waals surface area contributed by atoms with Crippen LogP contribution in [0, 0.1) is 0 Å². The summed E-state index contributed by atoms with van der Waals surface area (Å²) in [6.07, 6.45) is 5.55. The summed E-state index contributed by atoms with van der Waals surface area (Å²) in [5, 5.41) is 0. The van der Waals surface area contributed by atoms with Crippen LogP contribution in [0.3, 0.4) is 0 Å². The largest absolute Gasteiger partial charge is 0.493 e. The lowest BCUT2D eigenvalue weighted by molar-refractivity contribution is 0.242. The SMILES string of the molecule is COC1=C(OC)C=C(C)C=C=C1. The number of ether oxygens (including phenoxy) is 2. The molecule has 0 saturated carbocycles. The maximum Gasteiger partial charge on any atom is 0.168 e. The highest BCUT2D eigenvalue weighted by Crippen LogP contribution is 2.14. The Hall–Kier alpha value is -1.40. The topological polar surface area (TPSA) is 18.5 Å². The number of hydrogen-bond acceptors (Lipinski definition) is 2. The first-order chi connectivity index (χ1) is 5.77. The average Bonchev–Trinajstić information content (AvgIpc) is 2.26. The summed E-state index contributed by atoms with van der Waals surface area (Å²) in [5.74, 6) is 1.43. The molecule has 0 N–H and O–H groups in total. The third-order valence-electron chi connectivity index (χ3n) is 1.57. The number of hydrogen-bond donors (Lipinski definition) is 0. The standard InChI is InChI=1S/C10H12O2/c1-8-5-4-6-9(11-2)10(7-8)12-3/h5-7H,1-3H3. The molecule has 2 nitrogen and oxygen atoms in total. The highest BCUT2D eigenvalue weighted by atomic mass is 16.5. The summed E-state index contributed by atoms with van der Waals surface area (Å²) in [4.78, 5) is 0. The van der Waals surface area contributed by atoms with E-state index in [0.717, 1.165) is 11.3 Å². The molecule has 0 fully saturated rings. The lowest BCUT2D eigenvalue weighted by Crippen LogP contribution is -1.91. The third kappa shape index (κ3) is 1.80. The van der Waals surface area contributed by atoms with Crippen LogP contribution in [-0.2, 0) is 9.47 Å². The van der Waals surface area contributed by atoms with Crippen molar-refractivity contribution in [2.75, 3.05) is 14.2 Å². The Labute approximate surface area is 72.5 Å². The predicted molar refractivity (Wildman–Crippen MR) is 47.5 cm³/mol. The van der Waals surface area contributed by atoms with Crippen LogP contribution in [0.15, 0.2) is 41.1 Å². The molecule has 0 aromatic heterocycles. The molecule has 0 unspecified atom stereocenters. The van der Waals surface area contributed by atoms with Crippen LogP contribution >= 0.6 is 0 Å². The third-order valence-corrected chi connectivity index (χ3v) is 1.57. The van der Waals surface area contributed by atoms with Gasteiger partial charge in [0, 0.05) is 6.08 Å². The quantitative estimate of drug-likeness (QED) is 0.582. The van der Waals surface area contributed by atoms with E-state index >= 15 is 0 Å². The number of rotatable bonds is 2. The van der Waals surface area contributed by atoms with E-state index in [2.05, 4.69) is 5.73 Å². The minimum Gasteiger partial charge on any atom is -0.493 e. The van der Waals surface area contributed by atoms with Crippen LogP contribution in [0.4, 0.5) is 0 Å². The number of methoxy groups -OCH3 is 2. The van der Waals surface area contributed by atoms with Gasteiger partial charge in [-0.1, -0.05) is 0 Å². The Bertz CT molecular complexity index is 289. The first kappa shape index (κ1) is 8.69. The fourth-order valence-corrected chi connectivity index (χ4v) is 0.959. The van der Waals surface area contributed by atoms with E-state index in [1.165, 1.54) is 0 Å². The fraction of sp³-hybridized carbons (Fsp3) is 0.300. The summed E-state index contributed by atoms with van der Waals surface area (Å²) >= 11 is 0. The van der Waals surface area contributed by atoms with Crippen LogP contribution in [0.2, 0.25) is 0 Å². The molecule has 0 amide bonds. The van der Waals surface area contributed by atoms with Crippen molar-refractivity contribution in [3.63, 3.8) is 0 Å². The second-order valence-corrected chi connectivity index (χ2v) is 2.48. The Morgan fingerprint density at radius 2 is 1.75 bits per heavy atom. The molecule has 0 bridgehead atoms. The molecular weight excluding hydrogens is 152 g/mol. The maximum absolute atomic E-state index is 5.13. The van der Waals surface area contributed by atoms with E-state index < -0.39 is 0 Å². The predicted octanol–water partition coefficient (Wildman–Crippen LogP) is 2.16. The molecular formula is C10H12O2. The van der Waals surface area contributed by atoms with Gasteiger partial charge in [0.25, 0.3) is 0 Å². The van der Waals surface area contributed by atoms with Crippen LogP contribution in [0.1, 0.15) is 6.92 Å². The van der Waals surface area contributed by atoms with Crippen LogP contribution in [0.5, 0.6) is 0 Å². The van der Waals surface area contributed by atoms with Gasteiger partial charge in [-0.15, -0.1) is 5.73 Å². The van der Waals surface area contributed by atoms with Crippen molar-refractivity contribution in [3.8, 4) is 0 Å². The van der Waals surface area contributed by atoms with E-state index in [-0.39, 0.29) is 0 Å². The zero-order chi connectivity index (χ0) is 8.97. The monoisotopic (exact) mass is 164 g/mol. The molecule has 0 atom stereocenters. The van der Waals surface area contributed by atoms with Gasteiger partial charge in [0.15, 0.2) is 11.5 Å². The van der Waals surface area contributed by atoms with Gasteiger partial charge in [-0.2, -0.15) is 0 Å². The van der Waals surface area contributed by atoms with Crippen LogP contribution in [0.25, 0.3) is 0 Å². The Balaban J connectivity index is 3.10. The van der Waals surface area contributed by atoms with Gasteiger partial charge in [0.1, 0.15) is 0 Å². The van der Waals surface area contributed by atoms with Crippen molar-refractivity contribution in [3.05, 3.63) is 41.1 Å². The Kier molecular flexibility index (Phi) is 2.78. The number of allylic oxidation sites excluding steroid dienone is 3. The maximum atomic E-state index is 5.13. The van der Waals surface area contributed by atoms with Gasteiger partial charge in [-0.25, -0.2) is 0 Å². The molecule has 1 rings (SSSR count). The molecule has 0 spiro atoms. The second-order valence-electron chi connectivity index (χ2n) is 2.48. The zero-order valence-electron chi connectivity index (χ0n) is 7.55. The van der Waals surface area contributed by atoms with Gasteiger partial charge in [-0.05, 0) is 24.6 Å². The van der Waals surface area contributed by atoms with Crippen LogP contribution < -0.4 is 0 Å². The van der Waals surface area contributed by atoms with Gasteiger partial charge in [0.2, 0.25) is 0 Å². The van der Waals surface area contributed by atoms with E-state index in [9.17, 15) is 0 Å². The summed E-state index contributed by atoms with van der Waals surface area (Å²) in [7, 11) is 3.23. The smallest absolute Gasteiger partial charge is 0.168 e. The molecule has 0 aromatic rings. The molecule has 1 aliphatic rings. The minimum absolute atomic E-state index is 0.700. The minimum atomic E-state index is 0.700. The Morgan fingerprint density at radius 1 is 1.08 bits per heavy atom. The van der Waals surface area contributed by atoms with Crippen molar-refractivity contribution in [2.24, 2.45) is 0 Å². The molecule has 64 valence electrons. The van der Waals surface area contributed by atoms with E-state index in [1.54, 1.807) is 20.3 Å². The van der Waals surface area contributed by atoms with Crippen molar-refractivity contribution < 1.29 is 9.47 Å². The summed E-state index contributed by atoms with van der Waals surface area (Å²) in [6.45, 7) is 1.98. The normalized spacial score (nSPS) is 15.8. The highest BCUT2D eigenvalue weighted by Gasteiger charge is 2.03. The summed E-state index contributed by atoms with van der Waals surface area (Å²) in [5.41, 5.74) is 4.07. The van der Waals surface area contributed by atoms with Crippen molar-refractivity contribution in [1.82, 2.24) is 0 Å². The summed E-state index contributed by atoms with van der Waals surface area (Å²) < 4.78 is 10.2. The molecule has 0 saturated heterocycles. The van der Waals surface area contributed by atoms with Crippen LogP contribution in [-0.4, -0.2) is 14.2 Å². The second kappa shape index (κ2) is 3.84.